The number of thioether (sulfide) groups is 1. The Morgan fingerprint density at radius 2 is 1.41 bits per heavy atom. The molecule has 0 saturated carbocycles. The van der Waals surface area contributed by atoms with E-state index in [0.29, 0.717) is 12.8 Å². The van der Waals surface area contributed by atoms with Gasteiger partial charge in [0.15, 0.2) is 6.04 Å². The largest absolute Gasteiger partial charge is 0.460 e. The second kappa shape index (κ2) is 13.0. The fraction of sp³-hybridized carbons (Fsp3) is 0.389. The summed E-state index contributed by atoms with van der Waals surface area (Å²) >= 11 is 1.45. The lowest BCUT2D eigenvalue weighted by atomic mass is 9.88. The van der Waals surface area contributed by atoms with Gasteiger partial charge in [0.25, 0.3) is 11.8 Å². The van der Waals surface area contributed by atoms with Crippen LogP contribution in [0.5, 0.6) is 0 Å². The lowest BCUT2D eigenvalue weighted by Gasteiger charge is -2.41. The molecule has 3 aliphatic rings. The zero-order chi connectivity index (χ0) is 32.5. The Balaban J connectivity index is 1.30. The Bertz CT molecular complexity index is 1570. The summed E-state index contributed by atoms with van der Waals surface area (Å²) in [7, 11) is 0. The molecule has 10 heteroatoms. The van der Waals surface area contributed by atoms with Crippen molar-refractivity contribution in [3.05, 3.63) is 107 Å². The summed E-state index contributed by atoms with van der Waals surface area (Å²) in [6, 6.07) is 24.2. The number of rotatable bonds is 8. The van der Waals surface area contributed by atoms with Crippen LogP contribution in [0.1, 0.15) is 65.5 Å². The van der Waals surface area contributed by atoms with E-state index in [1.54, 1.807) is 45.0 Å². The molecule has 6 rings (SSSR count). The molecule has 0 aliphatic carbocycles. The Morgan fingerprint density at radius 1 is 0.870 bits per heavy atom. The molecule has 3 aliphatic heterocycles. The first kappa shape index (κ1) is 32.0. The smallest absolute Gasteiger partial charge is 0.332 e. The summed E-state index contributed by atoms with van der Waals surface area (Å²) < 4.78 is 11.0. The van der Waals surface area contributed by atoms with Gasteiger partial charge in [-0.25, -0.2) is 4.79 Å². The molecule has 3 aromatic rings. The summed E-state index contributed by atoms with van der Waals surface area (Å²) in [5.41, 5.74) is 1.69. The van der Waals surface area contributed by atoms with Gasteiger partial charge in [-0.05, 0) is 70.0 Å². The standard InChI is InChI=1S/C36H39N3O6S/c1-35(2,3)45-33(42)28(39-31(40)26-16-10-11-17-27(26)32(39)41)30-37-29(34(43)44-23-25-14-8-5-9-15-25)36(46-30)18-20-38(21-19-36)22-24-12-6-4-7-13-24/h4-17,28-30,37H,18-23H2,1-3H3. The highest BCUT2D eigenvalue weighted by Gasteiger charge is 2.59. The van der Waals surface area contributed by atoms with Crippen molar-refractivity contribution in [2.75, 3.05) is 13.1 Å². The van der Waals surface area contributed by atoms with Gasteiger partial charge in [-0.2, -0.15) is 0 Å². The Hall–Kier alpha value is -3.99. The summed E-state index contributed by atoms with van der Waals surface area (Å²) in [6.45, 7) is 7.58. The molecule has 240 valence electrons. The van der Waals surface area contributed by atoms with Crippen molar-refractivity contribution in [1.82, 2.24) is 15.1 Å². The van der Waals surface area contributed by atoms with Crippen molar-refractivity contribution >= 4 is 35.5 Å². The first-order valence-corrected chi connectivity index (χ1v) is 16.5. The van der Waals surface area contributed by atoms with Gasteiger partial charge in [0, 0.05) is 11.3 Å². The molecule has 0 radical (unpaired) electrons. The minimum atomic E-state index is -1.30. The van der Waals surface area contributed by atoms with Crippen LogP contribution in [0.25, 0.3) is 0 Å². The first-order valence-electron chi connectivity index (χ1n) is 15.7. The number of ether oxygens (including phenoxy) is 2. The van der Waals surface area contributed by atoms with Gasteiger partial charge in [0.05, 0.1) is 16.5 Å². The minimum absolute atomic E-state index is 0.108. The number of carbonyl (C=O) groups is 4. The van der Waals surface area contributed by atoms with Crippen LogP contribution in [0.15, 0.2) is 84.9 Å². The van der Waals surface area contributed by atoms with Crippen LogP contribution in [0, 0.1) is 0 Å². The summed E-state index contributed by atoms with van der Waals surface area (Å²) in [6.07, 6.45) is 1.28. The van der Waals surface area contributed by atoms with Gasteiger partial charge in [-0.1, -0.05) is 72.8 Å². The van der Waals surface area contributed by atoms with Crippen LogP contribution in [0.2, 0.25) is 0 Å². The highest BCUT2D eigenvalue weighted by atomic mass is 32.2. The zero-order valence-corrected chi connectivity index (χ0v) is 27.1. The molecule has 3 heterocycles. The summed E-state index contributed by atoms with van der Waals surface area (Å²) in [5.74, 6) is -2.25. The predicted molar refractivity (Wildman–Crippen MR) is 175 cm³/mol. The maximum atomic E-state index is 13.9. The lowest BCUT2D eigenvalue weighted by Crippen LogP contribution is -2.57. The second-order valence-corrected chi connectivity index (χ2v) is 14.6. The molecule has 1 spiro atoms. The molecule has 3 aromatic carbocycles. The minimum Gasteiger partial charge on any atom is -0.460 e. The van der Waals surface area contributed by atoms with E-state index in [1.165, 1.54) is 17.3 Å². The van der Waals surface area contributed by atoms with Crippen LogP contribution >= 0.6 is 11.8 Å². The van der Waals surface area contributed by atoms with Crippen LogP contribution in [-0.2, 0) is 32.2 Å². The number of nitrogens with one attached hydrogen (secondary N) is 1. The third-order valence-corrected chi connectivity index (χ3v) is 10.4. The molecule has 3 atom stereocenters. The van der Waals surface area contributed by atoms with Gasteiger partial charge in [-0.3, -0.25) is 29.5 Å². The molecule has 0 aromatic heterocycles. The number of likely N-dealkylation sites (tertiary alicyclic amines) is 1. The number of hydrogen-bond acceptors (Lipinski definition) is 9. The number of piperidine rings is 1. The number of hydrogen-bond donors (Lipinski definition) is 1. The molecular formula is C36H39N3O6S. The van der Waals surface area contributed by atoms with Crippen molar-refractivity contribution in [3.63, 3.8) is 0 Å². The van der Waals surface area contributed by atoms with E-state index >= 15 is 0 Å². The molecular weight excluding hydrogens is 602 g/mol. The summed E-state index contributed by atoms with van der Waals surface area (Å²) in [5, 5.41) is 2.59. The van der Waals surface area contributed by atoms with Gasteiger partial charge in [0.1, 0.15) is 18.2 Å². The molecule has 3 unspecified atom stereocenters. The number of amides is 2. The Labute approximate surface area is 273 Å². The Kier molecular flexibility index (Phi) is 9.05. The topological polar surface area (TPSA) is 105 Å². The third-order valence-electron chi connectivity index (χ3n) is 8.67. The van der Waals surface area contributed by atoms with Crippen molar-refractivity contribution in [2.45, 2.75) is 74.6 Å². The van der Waals surface area contributed by atoms with Crippen molar-refractivity contribution in [2.24, 2.45) is 0 Å². The van der Waals surface area contributed by atoms with Crippen LogP contribution < -0.4 is 5.32 Å². The van der Waals surface area contributed by atoms with E-state index in [0.717, 1.165) is 30.1 Å². The number of benzene rings is 3. The number of nitrogens with zero attached hydrogens (tertiary/aromatic N) is 2. The zero-order valence-electron chi connectivity index (χ0n) is 26.3. The van der Waals surface area contributed by atoms with Crippen LogP contribution in [0.4, 0.5) is 0 Å². The molecule has 2 amide bonds. The molecule has 2 fully saturated rings. The third kappa shape index (κ3) is 6.61. The predicted octanol–water partition coefficient (Wildman–Crippen LogP) is 4.80. The molecule has 46 heavy (non-hydrogen) atoms. The fourth-order valence-electron chi connectivity index (χ4n) is 6.45. The van der Waals surface area contributed by atoms with E-state index < -0.39 is 51.6 Å². The first-order chi connectivity index (χ1) is 22.0. The van der Waals surface area contributed by atoms with E-state index in [9.17, 15) is 19.2 Å². The number of carbonyl (C=O) groups excluding carboxylic acids is 4. The van der Waals surface area contributed by atoms with E-state index in [2.05, 4.69) is 22.3 Å². The average molecular weight is 642 g/mol. The highest BCUT2D eigenvalue weighted by Crippen LogP contribution is 2.49. The maximum Gasteiger partial charge on any atom is 0.332 e. The summed E-state index contributed by atoms with van der Waals surface area (Å²) in [4.78, 5) is 58.6. The van der Waals surface area contributed by atoms with Crippen LogP contribution in [0.3, 0.4) is 0 Å². The monoisotopic (exact) mass is 641 g/mol. The van der Waals surface area contributed by atoms with Gasteiger partial charge < -0.3 is 9.47 Å². The van der Waals surface area contributed by atoms with E-state index in [1.807, 2.05) is 48.5 Å². The van der Waals surface area contributed by atoms with Crippen molar-refractivity contribution < 1.29 is 28.7 Å². The van der Waals surface area contributed by atoms with Crippen molar-refractivity contribution in [1.29, 1.82) is 0 Å². The maximum absolute atomic E-state index is 13.9. The highest BCUT2D eigenvalue weighted by molar-refractivity contribution is 8.01. The quantitative estimate of drug-likeness (QED) is 0.274. The fourth-order valence-corrected chi connectivity index (χ4v) is 8.24. The Morgan fingerprint density at radius 3 is 1.98 bits per heavy atom. The molecule has 1 N–H and O–H groups in total. The van der Waals surface area contributed by atoms with Gasteiger partial charge >= 0.3 is 11.9 Å². The normalized spacial score (nSPS) is 21.7. The number of imide groups is 1. The lowest BCUT2D eigenvalue weighted by molar-refractivity contribution is -0.160. The molecule has 2 saturated heterocycles. The SMILES string of the molecule is CC(C)(C)OC(=O)C(C1NC(C(=O)OCc2ccccc2)C2(CCN(Cc3ccccc3)CC2)S1)N1C(=O)c2ccccc2C1=O. The second-order valence-electron chi connectivity index (χ2n) is 13.1. The van der Waals surface area contributed by atoms with E-state index in [-0.39, 0.29) is 17.7 Å². The van der Waals surface area contributed by atoms with Gasteiger partial charge in [-0.15, -0.1) is 11.8 Å². The molecule has 9 nitrogen and oxygen atoms in total. The number of esters is 2. The van der Waals surface area contributed by atoms with Crippen LogP contribution in [-0.4, -0.2) is 74.4 Å². The molecule has 0 bridgehead atoms. The van der Waals surface area contributed by atoms with E-state index in [4.69, 9.17) is 9.47 Å². The van der Waals surface area contributed by atoms with Gasteiger partial charge in [0.2, 0.25) is 0 Å². The average Bonchev–Trinajstić information content (AvgIpc) is 3.52. The van der Waals surface area contributed by atoms with Crippen molar-refractivity contribution in [3.8, 4) is 0 Å². The number of fused-ring (bicyclic) bond motifs is 1.